The Bertz CT molecular complexity index is 855. The second kappa shape index (κ2) is 7.39. The molecular formula is C20H20N2O4. The van der Waals surface area contributed by atoms with Crippen molar-refractivity contribution in [3.05, 3.63) is 59.2 Å². The number of amides is 2. The van der Waals surface area contributed by atoms with Gasteiger partial charge < -0.3 is 15.4 Å². The van der Waals surface area contributed by atoms with Gasteiger partial charge in [-0.1, -0.05) is 11.6 Å². The van der Waals surface area contributed by atoms with Crippen LogP contribution in [-0.4, -0.2) is 24.9 Å². The monoisotopic (exact) mass is 352 g/mol. The standard InChI is InChI=1S/C20H20N2O4/c1-12-3-10-17(16(11-12)20(25)26-2)22-19(24)14-6-8-15(9-7-14)21-18(23)13-4-5-13/h3,6-11,13H,4-5H2,1-2H3,(H,21,23)(H,22,24). The van der Waals surface area contributed by atoms with Crippen LogP contribution < -0.4 is 10.6 Å². The zero-order valence-electron chi connectivity index (χ0n) is 14.7. The largest absolute Gasteiger partial charge is 0.465 e. The minimum absolute atomic E-state index is 0.0181. The highest BCUT2D eigenvalue weighted by Gasteiger charge is 2.29. The fraction of sp³-hybridized carbons (Fsp3) is 0.250. The van der Waals surface area contributed by atoms with Gasteiger partial charge in [-0.2, -0.15) is 0 Å². The van der Waals surface area contributed by atoms with Gasteiger partial charge in [0.2, 0.25) is 5.91 Å². The molecule has 0 aliphatic heterocycles. The van der Waals surface area contributed by atoms with Crippen molar-refractivity contribution in [3.63, 3.8) is 0 Å². The predicted molar refractivity (Wildman–Crippen MR) is 98.3 cm³/mol. The fourth-order valence-electron chi connectivity index (χ4n) is 2.54. The molecule has 2 amide bonds. The van der Waals surface area contributed by atoms with Gasteiger partial charge in [-0.05, 0) is 56.2 Å². The van der Waals surface area contributed by atoms with Crippen LogP contribution in [0, 0.1) is 12.8 Å². The molecule has 0 aromatic heterocycles. The summed E-state index contributed by atoms with van der Waals surface area (Å²) in [7, 11) is 1.30. The minimum Gasteiger partial charge on any atom is -0.465 e. The number of methoxy groups -OCH3 is 1. The third-order valence-corrected chi connectivity index (χ3v) is 4.19. The molecule has 134 valence electrons. The second-order valence-corrected chi connectivity index (χ2v) is 6.34. The third kappa shape index (κ3) is 4.08. The first-order chi connectivity index (χ1) is 12.5. The minimum atomic E-state index is -0.512. The van der Waals surface area contributed by atoms with Crippen LogP contribution in [0.1, 0.15) is 39.1 Å². The molecular weight excluding hydrogens is 332 g/mol. The number of carbonyl (C=O) groups excluding carboxylic acids is 3. The number of aryl methyl sites for hydroxylation is 1. The first kappa shape index (κ1) is 17.7. The Morgan fingerprint density at radius 3 is 2.31 bits per heavy atom. The van der Waals surface area contributed by atoms with Crippen LogP contribution >= 0.6 is 0 Å². The number of anilines is 2. The van der Waals surface area contributed by atoms with Crippen molar-refractivity contribution in [3.8, 4) is 0 Å². The lowest BCUT2D eigenvalue weighted by Gasteiger charge is -2.11. The maximum Gasteiger partial charge on any atom is 0.339 e. The van der Waals surface area contributed by atoms with Crippen molar-refractivity contribution in [2.75, 3.05) is 17.7 Å². The van der Waals surface area contributed by atoms with E-state index in [9.17, 15) is 14.4 Å². The molecule has 6 heteroatoms. The number of nitrogens with one attached hydrogen (secondary N) is 2. The van der Waals surface area contributed by atoms with E-state index in [4.69, 9.17) is 4.74 Å². The molecule has 1 saturated carbocycles. The van der Waals surface area contributed by atoms with E-state index in [1.54, 1.807) is 42.5 Å². The number of carbonyl (C=O) groups is 3. The van der Waals surface area contributed by atoms with Crippen molar-refractivity contribution in [2.45, 2.75) is 19.8 Å². The Labute approximate surface area is 151 Å². The summed E-state index contributed by atoms with van der Waals surface area (Å²) in [4.78, 5) is 36.1. The molecule has 6 nitrogen and oxygen atoms in total. The van der Waals surface area contributed by atoms with Crippen LogP contribution in [0.3, 0.4) is 0 Å². The molecule has 1 fully saturated rings. The summed E-state index contributed by atoms with van der Waals surface area (Å²) in [5, 5.41) is 5.56. The summed E-state index contributed by atoms with van der Waals surface area (Å²) in [6, 6.07) is 11.8. The summed E-state index contributed by atoms with van der Waals surface area (Å²) in [6.07, 6.45) is 1.87. The Balaban J connectivity index is 1.72. The lowest BCUT2D eigenvalue weighted by molar-refractivity contribution is -0.117. The molecule has 2 aromatic carbocycles. The van der Waals surface area contributed by atoms with Crippen LogP contribution in [0.25, 0.3) is 0 Å². The molecule has 1 aliphatic carbocycles. The van der Waals surface area contributed by atoms with Crippen molar-refractivity contribution >= 4 is 29.2 Å². The van der Waals surface area contributed by atoms with Crippen molar-refractivity contribution in [1.82, 2.24) is 0 Å². The molecule has 0 radical (unpaired) electrons. The van der Waals surface area contributed by atoms with Gasteiger partial charge in [0.15, 0.2) is 0 Å². The first-order valence-electron chi connectivity index (χ1n) is 8.39. The van der Waals surface area contributed by atoms with E-state index in [1.165, 1.54) is 7.11 Å². The molecule has 26 heavy (non-hydrogen) atoms. The number of rotatable bonds is 5. The van der Waals surface area contributed by atoms with Crippen molar-refractivity contribution in [2.24, 2.45) is 5.92 Å². The zero-order valence-corrected chi connectivity index (χ0v) is 14.7. The predicted octanol–water partition coefficient (Wildman–Crippen LogP) is 3.38. The molecule has 0 saturated heterocycles. The maximum absolute atomic E-state index is 12.5. The van der Waals surface area contributed by atoms with E-state index in [0.29, 0.717) is 22.5 Å². The fourth-order valence-corrected chi connectivity index (χ4v) is 2.54. The summed E-state index contributed by atoms with van der Waals surface area (Å²) < 4.78 is 4.77. The van der Waals surface area contributed by atoms with Crippen LogP contribution in [0.15, 0.2) is 42.5 Å². The second-order valence-electron chi connectivity index (χ2n) is 6.34. The van der Waals surface area contributed by atoms with Crippen LogP contribution in [0.4, 0.5) is 11.4 Å². The molecule has 2 aromatic rings. The van der Waals surface area contributed by atoms with E-state index in [0.717, 1.165) is 18.4 Å². The van der Waals surface area contributed by atoms with Crippen LogP contribution in [0.2, 0.25) is 0 Å². The number of esters is 1. The highest BCUT2D eigenvalue weighted by atomic mass is 16.5. The quantitative estimate of drug-likeness (QED) is 0.808. The van der Waals surface area contributed by atoms with E-state index in [2.05, 4.69) is 10.6 Å². The molecule has 1 aliphatic rings. The summed E-state index contributed by atoms with van der Waals surface area (Å²) >= 11 is 0. The number of benzene rings is 2. The Morgan fingerprint density at radius 1 is 1.00 bits per heavy atom. The number of hydrogen-bond donors (Lipinski definition) is 2. The number of ether oxygens (including phenoxy) is 1. The van der Waals surface area contributed by atoms with Gasteiger partial charge in [0.25, 0.3) is 5.91 Å². The molecule has 0 bridgehead atoms. The highest BCUT2D eigenvalue weighted by molar-refractivity contribution is 6.08. The van der Waals surface area contributed by atoms with E-state index >= 15 is 0 Å². The van der Waals surface area contributed by atoms with Crippen molar-refractivity contribution in [1.29, 1.82) is 0 Å². The first-order valence-corrected chi connectivity index (χ1v) is 8.39. The Morgan fingerprint density at radius 2 is 1.69 bits per heavy atom. The third-order valence-electron chi connectivity index (χ3n) is 4.19. The Kier molecular flexibility index (Phi) is 5.02. The van der Waals surface area contributed by atoms with Gasteiger partial charge in [-0.25, -0.2) is 4.79 Å². The molecule has 0 spiro atoms. The summed E-state index contributed by atoms with van der Waals surface area (Å²) in [6.45, 7) is 1.85. The van der Waals surface area contributed by atoms with Gasteiger partial charge in [0.1, 0.15) is 0 Å². The van der Waals surface area contributed by atoms with Crippen LogP contribution in [0.5, 0.6) is 0 Å². The van der Waals surface area contributed by atoms with Crippen molar-refractivity contribution < 1.29 is 19.1 Å². The zero-order chi connectivity index (χ0) is 18.7. The molecule has 2 N–H and O–H groups in total. The lowest BCUT2D eigenvalue weighted by Crippen LogP contribution is -2.16. The van der Waals surface area contributed by atoms with E-state index in [1.807, 2.05) is 6.92 Å². The van der Waals surface area contributed by atoms with Gasteiger partial charge >= 0.3 is 5.97 Å². The summed E-state index contributed by atoms with van der Waals surface area (Å²) in [5.74, 6) is -0.720. The normalized spacial score (nSPS) is 13.0. The van der Waals surface area contributed by atoms with E-state index < -0.39 is 5.97 Å². The van der Waals surface area contributed by atoms with Crippen LogP contribution in [-0.2, 0) is 9.53 Å². The molecule has 0 heterocycles. The average Bonchev–Trinajstić information content (AvgIpc) is 3.48. The average molecular weight is 352 g/mol. The van der Waals surface area contributed by atoms with Gasteiger partial charge in [-0.15, -0.1) is 0 Å². The molecule has 3 rings (SSSR count). The SMILES string of the molecule is COC(=O)c1cc(C)ccc1NC(=O)c1ccc(NC(=O)C2CC2)cc1. The van der Waals surface area contributed by atoms with E-state index in [-0.39, 0.29) is 17.7 Å². The van der Waals surface area contributed by atoms with Gasteiger partial charge in [0.05, 0.1) is 18.4 Å². The number of hydrogen-bond acceptors (Lipinski definition) is 4. The Hall–Kier alpha value is -3.15. The van der Waals surface area contributed by atoms with Gasteiger partial charge in [-0.3, -0.25) is 9.59 Å². The smallest absolute Gasteiger partial charge is 0.339 e. The highest BCUT2D eigenvalue weighted by Crippen LogP contribution is 2.30. The van der Waals surface area contributed by atoms with Gasteiger partial charge in [0, 0.05) is 17.2 Å². The lowest BCUT2D eigenvalue weighted by atomic mass is 10.1. The summed E-state index contributed by atoms with van der Waals surface area (Å²) in [5.41, 5.74) is 2.65. The maximum atomic E-state index is 12.5. The molecule has 0 unspecified atom stereocenters. The molecule has 0 atom stereocenters. The topological polar surface area (TPSA) is 84.5 Å².